The van der Waals surface area contributed by atoms with Crippen LogP contribution in [-0.4, -0.2) is 41.8 Å². The van der Waals surface area contributed by atoms with Crippen LogP contribution in [-0.2, 0) is 0 Å². The van der Waals surface area contributed by atoms with Gasteiger partial charge in [0.25, 0.3) is 0 Å². The highest BCUT2D eigenvalue weighted by Crippen LogP contribution is 2.44. The van der Waals surface area contributed by atoms with Crippen molar-refractivity contribution in [1.29, 1.82) is 0 Å². The molecule has 0 bridgehead atoms. The zero-order valence-electron chi connectivity index (χ0n) is 21.1. The summed E-state index contributed by atoms with van der Waals surface area (Å²) in [6, 6.07) is 14.0. The van der Waals surface area contributed by atoms with E-state index in [-0.39, 0.29) is 22.0 Å². The van der Waals surface area contributed by atoms with Crippen LogP contribution in [0, 0.1) is 0 Å². The lowest BCUT2D eigenvalue weighted by Gasteiger charge is -2.20. The Hall–Kier alpha value is -4.15. The van der Waals surface area contributed by atoms with Crippen molar-refractivity contribution in [2.75, 3.05) is 36.8 Å². The van der Waals surface area contributed by atoms with Gasteiger partial charge in [0.1, 0.15) is 45.3 Å². The van der Waals surface area contributed by atoms with E-state index in [1.54, 1.807) is 13.1 Å². The van der Waals surface area contributed by atoms with E-state index in [9.17, 15) is 4.79 Å². The normalized spacial score (nSPS) is 11.4. The van der Waals surface area contributed by atoms with Crippen molar-refractivity contribution in [2.45, 2.75) is 13.2 Å². The van der Waals surface area contributed by atoms with Gasteiger partial charge in [-0.25, -0.2) is 14.8 Å². The molecule has 0 saturated carbocycles. The van der Waals surface area contributed by atoms with E-state index >= 15 is 0 Å². The molecule has 12 heteroatoms. The number of benzene rings is 2. The van der Waals surface area contributed by atoms with E-state index in [0.29, 0.717) is 23.1 Å². The van der Waals surface area contributed by atoms with Crippen LogP contribution in [0.15, 0.2) is 67.3 Å². The third-order valence-electron chi connectivity index (χ3n) is 5.59. The third-order valence-corrected chi connectivity index (χ3v) is 6.34. The molecular weight excluding hydrogens is 531 g/mol. The highest BCUT2D eigenvalue weighted by molar-refractivity contribution is 6.41. The fourth-order valence-electron chi connectivity index (χ4n) is 3.50. The fourth-order valence-corrected chi connectivity index (χ4v) is 4.10. The van der Waals surface area contributed by atoms with Crippen molar-refractivity contribution in [3.8, 4) is 17.2 Å². The molecule has 4 aromatic rings. The number of nitrogens with one attached hydrogen (secondary N) is 2. The Kier molecular flexibility index (Phi) is 8.45. The SMILES string of the molecule is COc1cc(OC)c(Cl)c(NC(=O)N(C)c2cc(Nc3ccc(OC(C)n4cccc4)cc3)ncn2)c1Cl. The molecule has 0 fully saturated rings. The van der Waals surface area contributed by atoms with Gasteiger partial charge in [0.2, 0.25) is 0 Å². The first-order valence-corrected chi connectivity index (χ1v) is 12.2. The van der Waals surface area contributed by atoms with E-state index in [2.05, 4.69) is 20.6 Å². The molecule has 4 rings (SSSR count). The van der Waals surface area contributed by atoms with Crippen molar-refractivity contribution >= 4 is 52.2 Å². The number of amides is 2. The predicted octanol–water partition coefficient (Wildman–Crippen LogP) is 6.61. The second-order valence-electron chi connectivity index (χ2n) is 8.03. The summed E-state index contributed by atoms with van der Waals surface area (Å²) in [5, 5.41) is 6.17. The molecule has 1 atom stereocenters. The number of nitrogens with zero attached hydrogens (tertiary/aromatic N) is 4. The summed E-state index contributed by atoms with van der Waals surface area (Å²) in [5.41, 5.74) is 0.937. The van der Waals surface area contributed by atoms with Crippen LogP contribution >= 0.6 is 23.2 Å². The fraction of sp³-hybridized carbons (Fsp3) is 0.192. The van der Waals surface area contributed by atoms with E-state index in [0.717, 1.165) is 11.4 Å². The summed E-state index contributed by atoms with van der Waals surface area (Å²) in [5.74, 6) is 2.15. The monoisotopic (exact) mass is 556 g/mol. The average Bonchev–Trinajstić information content (AvgIpc) is 3.47. The van der Waals surface area contributed by atoms with Gasteiger partial charge < -0.3 is 29.4 Å². The van der Waals surface area contributed by atoms with Crippen LogP contribution in [0.5, 0.6) is 17.2 Å². The van der Waals surface area contributed by atoms with E-state index in [4.69, 9.17) is 37.4 Å². The van der Waals surface area contributed by atoms with Crippen LogP contribution < -0.4 is 29.7 Å². The Morgan fingerprint density at radius 2 is 1.63 bits per heavy atom. The Morgan fingerprint density at radius 1 is 1.00 bits per heavy atom. The molecule has 2 N–H and O–H groups in total. The smallest absolute Gasteiger partial charge is 0.327 e. The molecule has 2 aromatic carbocycles. The molecule has 0 aliphatic heterocycles. The van der Waals surface area contributed by atoms with Gasteiger partial charge in [0, 0.05) is 37.3 Å². The number of ether oxygens (including phenoxy) is 3. The van der Waals surface area contributed by atoms with Gasteiger partial charge in [-0.15, -0.1) is 0 Å². The van der Waals surface area contributed by atoms with Crippen molar-refractivity contribution in [3.05, 3.63) is 77.3 Å². The number of halogens is 2. The highest BCUT2D eigenvalue weighted by Gasteiger charge is 2.21. The molecule has 0 radical (unpaired) electrons. The average molecular weight is 557 g/mol. The molecule has 0 aliphatic rings. The number of anilines is 4. The molecule has 2 amide bonds. The number of aromatic nitrogens is 3. The molecule has 198 valence electrons. The van der Waals surface area contributed by atoms with E-state index < -0.39 is 6.03 Å². The van der Waals surface area contributed by atoms with Crippen LogP contribution in [0.2, 0.25) is 10.0 Å². The van der Waals surface area contributed by atoms with Crippen molar-refractivity contribution in [1.82, 2.24) is 14.5 Å². The van der Waals surface area contributed by atoms with E-state index in [1.165, 1.54) is 31.5 Å². The van der Waals surface area contributed by atoms with Gasteiger partial charge in [0.05, 0.1) is 19.9 Å². The summed E-state index contributed by atoms with van der Waals surface area (Å²) in [7, 11) is 4.46. The number of rotatable bonds is 9. The maximum atomic E-state index is 13.0. The maximum Gasteiger partial charge on any atom is 0.327 e. The van der Waals surface area contributed by atoms with Crippen LogP contribution in [0.4, 0.5) is 27.8 Å². The molecule has 38 heavy (non-hydrogen) atoms. The summed E-state index contributed by atoms with van der Waals surface area (Å²) in [6.07, 6.45) is 5.10. The molecule has 0 aliphatic carbocycles. The number of carbonyl (C=O) groups is 1. The summed E-state index contributed by atoms with van der Waals surface area (Å²) >= 11 is 12.7. The minimum atomic E-state index is -0.535. The number of hydrogen-bond acceptors (Lipinski definition) is 7. The van der Waals surface area contributed by atoms with Gasteiger partial charge in [0.15, 0.2) is 6.23 Å². The summed E-state index contributed by atoms with van der Waals surface area (Å²) < 4.78 is 18.4. The molecule has 1 unspecified atom stereocenters. The van der Waals surface area contributed by atoms with Crippen molar-refractivity contribution in [2.24, 2.45) is 0 Å². The Balaban J connectivity index is 1.44. The second-order valence-corrected chi connectivity index (χ2v) is 8.79. The molecule has 2 aromatic heterocycles. The van der Waals surface area contributed by atoms with Gasteiger partial charge in [-0.2, -0.15) is 0 Å². The quantitative estimate of drug-likeness (QED) is 0.239. The number of hydrogen-bond donors (Lipinski definition) is 2. The molecule has 0 saturated heterocycles. The van der Waals surface area contributed by atoms with Crippen LogP contribution in [0.25, 0.3) is 0 Å². The van der Waals surface area contributed by atoms with Crippen LogP contribution in [0.3, 0.4) is 0 Å². The standard InChI is InChI=1S/C26H26Cl2N6O4/c1-16(34-11-5-6-12-34)38-18-9-7-17(8-10-18)31-21-14-22(30-15-29-21)33(2)26(35)32-25-23(27)19(36-3)13-20(37-4)24(25)28/h5-16H,1-4H3,(H,32,35)(H,29,30,31). The van der Waals surface area contributed by atoms with Crippen molar-refractivity contribution in [3.63, 3.8) is 0 Å². The topological polar surface area (TPSA) is 103 Å². The molecule has 10 nitrogen and oxygen atoms in total. The zero-order chi connectivity index (χ0) is 27.2. The Labute approximate surface area is 230 Å². The maximum absolute atomic E-state index is 13.0. The predicted molar refractivity (Wildman–Crippen MR) is 149 cm³/mol. The lowest BCUT2D eigenvalue weighted by Crippen LogP contribution is -2.32. The lowest BCUT2D eigenvalue weighted by atomic mass is 10.2. The minimum Gasteiger partial charge on any atom is -0.495 e. The van der Waals surface area contributed by atoms with Gasteiger partial charge in [-0.05, 0) is 43.3 Å². The lowest BCUT2D eigenvalue weighted by molar-refractivity contribution is 0.153. The summed E-state index contributed by atoms with van der Waals surface area (Å²) in [6.45, 7) is 1.97. The Bertz CT molecular complexity index is 1370. The van der Waals surface area contributed by atoms with Crippen molar-refractivity contribution < 1.29 is 19.0 Å². The first-order chi connectivity index (χ1) is 18.3. The largest absolute Gasteiger partial charge is 0.495 e. The van der Waals surface area contributed by atoms with Crippen LogP contribution in [0.1, 0.15) is 13.2 Å². The first kappa shape index (κ1) is 26.9. The molecular formula is C26H26Cl2N6O4. The number of urea groups is 1. The Morgan fingerprint density at radius 3 is 2.24 bits per heavy atom. The third kappa shape index (κ3) is 6.04. The summed E-state index contributed by atoms with van der Waals surface area (Å²) in [4.78, 5) is 22.8. The molecule has 2 heterocycles. The van der Waals surface area contributed by atoms with E-state index in [1.807, 2.05) is 60.3 Å². The highest BCUT2D eigenvalue weighted by atomic mass is 35.5. The molecule has 0 spiro atoms. The second kappa shape index (κ2) is 11.9. The number of methoxy groups -OCH3 is 2. The first-order valence-electron chi connectivity index (χ1n) is 11.4. The number of carbonyl (C=O) groups excluding carboxylic acids is 1. The van der Waals surface area contributed by atoms with Gasteiger partial charge in [-0.3, -0.25) is 4.90 Å². The van der Waals surface area contributed by atoms with Gasteiger partial charge >= 0.3 is 6.03 Å². The zero-order valence-corrected chi connectivity index (χ0v) is 22.6. The minimum absolute atomic E-state index is 0.139. The van der Waals surface area contributed by atoms with Gasteiger partial charge in [-0.1, -0.05) is 23.2 Å².